The number of nitrogens with two attached hydrogens (primary N) is 1. The van der Waals surface area contributed by atoms with E-state index in [2.05, 4.69) is 12.4 Å². The monoisotopic (exact) mass is 589 g/mol. The lowest BCUT2D eigenvalue weighted by Gasteiger charge is -2.44. The van der Waals surface area contributed by atoms with Gasteiger partial charge < -0.3 is 30.5 Å². The van der Waals surface area contributed by atoms with Crippen molar-refractivity contribution in [3.8, 4) is 11.5 Å². The molecule has 1 aliphatic rings. The number of urea groups is 1. The van der Waals surface area contributed by atoms with Gasteiger partial charge >= 0.3 is 12.0 Å². The summed E-state index contributed by atoms with van der Waals surface area (Å²) in [5.41, 5.74) is 8.90. The number of carbonyl (C=O) groups excluding carboxylic acids is 3. The number of nitrogens with zero attached hydrogens (tertiary/aromatic N) is 2. The van der Waals surface area contributed by atoms with E-state index in [0.29, 0.717) is 35.2 Å². The van der Waals surface area contributed by atoms with Gasteiger partial charge in [0.1, 0.15) is 24.6 Å². The quantitative estimate of drug-likeness (QED) is 0.214. The molecule has 3 atom stereocenters. The van der Waals surface area contributed by atoms with E-state index in [1.54, 1.807) is 68.4 Å². The number of phenols is 2. The smallest absolute Gasteiger partial charge is 0.338 e. The Bertz CT molecular complexity index is 1430. The first kappa shape index (κ1) is 31.5. The topological polar surface area (TPSA) is 142 Å². The lowest BCUT2D eigenvalue weighted by Crippen LogP contribution is -2.62. The van der Waals surface area contributed by atoms with Crippen molar-refractivity contribution >= 4 is 23.6 Å². The van der Waals surface area contributed by atoms with Gasteiger partial charge in [-0.15, -0.1) is 0 Å². The molecule has 1 unspecified atom stereocenters. The normalized spacial score (nSPS) is 19.0. The van der Waals surface area contributed by atoms with Gasteiger partial charge in [-0.1, -0.05) is 24.3 Å². The fraction of sp³-hybridized carbons (Fsp3) is 0.364. The number of quaternary nitrogens is 1. The molecule has 228 valence electrons. The second-order valence-corrected chi connectivity index (χ2v) is 11.8. The van der Waals surface area contributed by atoms with Gasteiger partial charge in [-0.2, -0.15) is 0 Å². The van der Waals surface area contributed by atoms with Gasteiger partial charge in [0, 0.05) is 11.3 Å². The number of phenolic OH excluding ortho intramolecular Hbond substituents is 2. The molecule has 0 aromatic heterocycles. The summed E-state index contributed by atoms with van der Waals surface area (Å²) in [5.74, 6) is -0.661. The Morgan fingerprint density at radius 2 is 1.70 bits per heavy atom. The van der Waals surface area contributed by atoms with Gasteiger partial charge in [0.2, 0.25) is 5.91 Å². The molecular weight excluding hydrogens is 548 g/mol. The van der Waals surface area contributed by atoms with Crippen molar-refractivity contribution < 1.29 is 33.8 Å². The van der Waals surface area contributed by atoms with E-state index >= 15 is 0 Å². The maximum Gasteiger partial charge on any atom is 0.338 e. The van der Waals surface area contributed by atoms with Gasteiger partial charge in [0.25, 0.3) is 0 Å². The molecule has 0 bridgehead atoms. The van der Waals surface area contributed by atoms with Crippen LogP contribution in [0.25, 0.3) is 0 Å². The van der Waals surface area contributed by atoms with E-state index in [1.165, 1.54) is 17.0 Å². The van der Waals surface area contributed by atoms with Crippen molar-refractivity contribution in [3.63, 3.8) is 0 Å². The Hall–Kier alpha value is -4.41. The van der Waals surface area contributed by atoms with Crippen molar-refractivity contribution in [2.24, 2.45) is 5.73 Å². The number of hydrogen-bond acceptors (Lipinski definition) is 7. The molecule has 3 amide bonds. The highest BCUT2D eigenvalue weighted by Gasteiger charge is 2.41. The minimum Gasteiger partial charge on any atom is -0.508 e. The summed E-state index contributed by atoms with van der Waals surface area (Å²) in [6.07, 6.45) is 1.34. The van der Waals surface area contributed by atoms with E-state index in [9.17, 15) is 24.6 Å². The number of imide groups is 1. The molecule has 3 aromatic carbocycles. The second kappa shape index (κ2) is 13.7. The highest BCUT2D eigenvalue weighted by atomic mass is 16.5. The number of piperidine rings is 1. The van der Waals surface area contributed by atoms with E-state index in [-0.39, 0.29) is 24.0 Å². The van der Waals surface area contributed by atoms with E-state index in [1.807, 2.05) is 6.07 Å². The molecular formula is C33H41N4O6+. The Morgan fingerprint density at radius 1 is 1.00 bits per heavy atom. The summed E-state index contributed by atoms with van der Waals surface area (Å²) < 4.78 is 5.81. The van der Waals surface area contributed by atoms with Crippen LogP contribution in [0.5, 0.6) is 11.5 Å². The Labute approximate surface area is 252 Å². The highest BCUT2D eigenvalue weighted by Crippen LogP contribution is 2.27. The molecule has 0 aliphatic carbocycles. The third-order valence-corrected chi connectivity index (χ3v) is 7.61. The van der Waals surface area contributed by atoms with E-state index < -0.39 is 30.0 Å². The number of likely N-dealkylation sites (N-methyl/N-ethyl adjacent to an activating group) is 1. The minimum absolute atomic E-state index is 0.110. The third-order valence-electron chi connectivity index (χ3n) is 7.61. The summed E-state index contributed by atoms with van der Waals surface area (Å²) in [5, 5.41) is 22.4. The Balaban J connectivity index is 1.56. The summed E-state index contributed by atoms with van der Waals surface area (Å²) in [7, 11) is 2.09. The summed E-state index contributed by atoms with van der Waals surface area (Å²) in [6, 6.07) is 17.9. The van der Waals surface area contributed by atoms with Crippen LogP contribution in [0.4, 0.5) is 10.5 Å². The molecule has 0 saturated carbocycles. The molecule has 1 saturated heterocycles. The first-order valence-corrected chi connectivity index (χ1v) is 14.5. The molecule has 0 radical (unpaired) electrons. The van der Waals surface area contributed by atoms with Crippen molar-refractivity contribution in [1.29, 1.82) is 0 Å². The zero-order valence-corrected chi connectivity index (χ0v) is 24.9. The standard InChI is InChI=1S/C33H40N4O6/c1-22(2)43-32(41)25-11-13-26(14-12-25)35-33(42)36(31(40)30(34)19-23-9-15-28(38)16-10-23)27-7-5-17-37(3,21-27)20-24-6-4-8-29(39)18-24/h4,6,8-16,18,22,27,30H,5,7,17,19-21,34H2,1-3H3,(H2-,35,38,39,41,42)/p+1/t27-,30-,37?/m0/s1. The molecule has 1 fully saturated rings. The number of aromatic hydroxyl groups is 2. The molecule has 1 aliphatic heterocycles. The first-order chi connectivity index (χ1) is 20.4. The fourth-order valence-electron chi connectivity index (χ4n) is 5.60. The largest absolute Gasteiger partial charge is 0.508 e. The molecule has 10 nitrogen and oxygen atoms in total. The van der Waals surface area contributed by atoms with Gasteiger partial charge in [-0.05, 0) is 87.2 Å². The predicted molar refractivity (Wildman–Crippen MR) is 163 cm³/mol. The number of ether oxygens (including phenoxy) is 1. The minimum atomic E-state index is -0.991. The number of nitrogens with one attached hydrogen (secondary N) is 1. The predicted octanol–water partition coefficient (Wildman–Crippen LogP) is 4.40. The van der Waals surface area contributed by atoms with Crippen LogP contribution in [0.2, 0.25) is 0 Å². The number of benzene rings is 3. The maximum atomic E-state index is 13.9. The number of rotatable bonds is 9. The molecule has 4 rings (SSSR count). The average Bonchev–Trinajstić information content (AvgIpc) is 2.94. The number of esters is 1. The Morgan fingerprint density at radius 3 is 2.35 bits per heavy atom. The molecule has 10 heteroatoms. The van der Waals surface area contributed by atoms with Crippen LogP contribution in [0.1, 0.15) is 48.2 Å². The number of amides is 3. The van der Waals surface area contributed by atoms with Gasteiger partial charge in [0.15, 0.2) is 0 Å². The van der Waals surface area contributed by atoms with Crippen LogP contribution in [-0.2, 0) is 22.5 Å². The van der Waals surface area contributed by atoms with Crippen LogP contribution in [0, 0.1) is 0 Å². The summed E-state index contributed by atoms with van der Waals surface area (Å²) in [4.78, 5) is 41.2. The zero-order valence-electron chi connectivity index (χ0n) is 24.9. The second-order valence-electron chi connectivity index (χ2n) is 11.8. The number of carbonyl (C=O) groups is 3. The van der Waals surface area contributed by atoms with Crippen LogP contribution >= 0.6 is 0 Å². The molecule has 1 heterocycles. The first-order valence-electron chi connectivity index (χ1n) is 14.5. The maximum absolute atomic E-state index is 13.9. The number of likely N-dealkylation sites (tertiary alicyclic amines) is 1. The molecule has 43 heavy (non-hydrogen) atoms. The van der Waals surface area contributed by atoms with Crippen molar-refractivity contribution in [2.75, 3.05) is 25.5 Å². The zero-order chi connectivity index (χ0) is 31.1. The van der Waals surface area contributed by atoms with Crippen molar-refractivity contribution in [2.45, 2.75) is 57.8 Å². The van der Waals surface area contributed by atoms with Crippen LogP contribution in [0.3, 0.4) is 0 Å². The third kappa shape index (κ3) is 8.56. The van der Waals surface area contributed by atoms with Gasteiger partial charge in [-0.3, -0.25) is 9.69 Å². The van der Waals surface area contributed by atoms with Crippen LogP contribution in [-0.4, -0.2) is 75.8 Å². The fourth-order valence-corrected chi connectivity index (χ4v) is 5.60. The van der Waals surface area contributed by atoms with Gasteiger partial charge in [-0.25, -0.2) is 9.59 Å². The number of hydrogen-bond donors (Lipinski definition) is 4. The van der Waals surface area contributed by atoms with Crippen molar-refractivity contribution in [3.05, 3.63) is 89.5 Å². The summed E-state index contributed by atoms with van der Waals surface area (Å²) >= 11 is 0. The lowest BCUT2D eigenvalue weighted by molar-refractivity contribution is -0.928. The molecule has 5 N–H and O–H groups in total. The van der Waals surface area contributed by atoms with Crippen LogP contribution in [0.15, 0.2) is 72.8 Å². The van der Waals surface area contributed by atoms with Crippen LogP contribution < -0.4 is 11.1 Å². The average molecular weight is 590 g/mol. The molecule has 0 spiro atoms. The highest BCUT2D eigenvalue weighted by molar-refractivity contribution is 6.03. The SMILES string of the molecule is CC(C)OC(=O)c1ccc(NC(=O)N(C(=O)[C@@H](N)Cc2ccc(O)cc2)[C@H]2CCC[N+](C)(Cc3cccc(O)c3)C2)cc1. The van der Waals surface area contributed by atoms with Gasteiger partial charge in [0.05, 0.1) is 37.3 Å². The lowest BCUT2D eigenvalue weighted by atomic mass is 9.98. The van der Waals surface area contributed by atoms with E-state index in [4.69, 9.17) is 10.5 Å². The van der Waals surface area contributed by atoms with Crippen molar-refractivity contribution in [1.82, 2.24) is 4.90 Å². The Kier molecular flexibility index (Phi) is 10.1. The number of anilines is 1. The van der Waals surface area contributed by atoms with E-state index in [0.717, 1.165) is 24.1 Å². The summed E-state index contributed by atoms with van der Waals surface area (Å²) in [6.45, 7) is 5.53. The molecule has 3 aromatic rings.